The van der Waals surface area contributed by atoms with E-state index in [2.05, 4.69) is 5.32 Å². The number of hydrogen-bond donors (Lipinski definition) is 1. The largest absolute Gasteiger partial charge is 0.530 e. The minimum Gasteiger partial charge on any atom is -0.530 e. The zero-order valence-electron chi connectivity index (χ0n) is 6.92. The Labute approximate surface area is 66.5 Å². The van der Waals surface area contributed by atoms with Gasteiger partial charge in [-0.2, -0.15) is 0 Å². The molecule has 0 bridgehead atoms. The van der Waals surface area contributed by atoms with Crippen LogP contribution in [0.3, 0.4) is 0 Å². The first-order valence-corrected chi connectivity index (χ1v) is 3.73. The molecule has 0 rings (SSSR count). The second-order valence-electron chi connectivity index (χ2n) is 2.30. The number of rotatable bonds is 5. The Bertz CT molecular complexity index is 116. The molecule has 0 aliphatic rings. The van der Waals surface area contributed by atoms with Crippen molar-refractivity contribution in [3.8, 4) is 0 Å². The molecule has 0 spiro atoms. The van der Waals surface area contributed by atoms with Crippen LogP contribution in [-0.2, 0) is 4.74 Å². The normalized spacial score (nSPS) is 12.5. The van der Waals surface area contributed by atoms with Gasteiger partial charge in [0.05, 0.1) is 12.7 Å². The molecule has 1 N–H and O–H groups in total. The molecule has 1 unspecified atom stereocenters. The Balaban J connectivity index is 3.08. The molecule has 0 fully saturated rings. The zero-order chi connectivity index (χ0) is 8.69. The third kappa shape index (κ3) is 7.12. The van der Waals surface area contributed by atoms with Gasteiger partial charge >= 0.3 is 0 Å². The van der Waals surface area contributed by atoms with Gasteiger partial charge in [0.15, 0.2) is 0 Å². The van der Waals surface area contributed by atoms with E-state index in [-0.39, 0.29) is 6.10 Å². The molecule has 1 amide bonds. The smallest absolute Gasteiger partial charge is 0.134 e. The second kappa shape index (κ2) is 5.97. The molecule has 66 valence electrons. The summed E-state index contributed by atoms with van der Waals surface area (Å²) in [5.41, 5.74) is 0. The van der Waals surface area contributed by atoms with Gasteiger partial charge in [-0.25, -0.2) is 0 Å². The van der Waals surface area contributed by atoms with Crippen molar-refractivity contribution >= 4 is 6.09 Å². The third-order valence-corrected chi connectivity index (χ3v) is 1.35. The molecule has 11 heavy (non-hydrogen) atoms. The minimum absolute atomic E-state index is 0.193. The van der Waals surface area contributed by atoms with Gasteiger partial charge in [0.25, 0.3) is 0 Å². The Kier molecular flexibility index (Phi) is 5.56. The molecule has 0 saturated carbocycles. The fourth-order valence-corrected chi connectivity index (χ4v) is 0.531. The van der Waals surface area contributed by atoms with Crippen LogP contribution in [-0.4, -0.2) is 25.3 Å². The summed E-state index contributed by atoms with van der Waals surface area (Å²) >= 11 is 0. The van der Waals surface area contributed by atoms with E-state index in [1.54, 1.807) is 0 Å². The molecule has 4 heteroatoms. The van der Waals surface area contributed by atoms with Gasteiger partial charge in [-0.05, 0) is 13.3 Å². The number of hydrogen-bond acceptors (Lipinski definition) is 3. The summed E-state index contributed by atoms with van der Waals surface area (Å²) in [6, 6.07) is 0. The quantitative estimate of drug-likeness (QED) is 0.563. The first-order valence-electron chi connectivity index (χ1n) is 3.73. The number of amides is 1. The first kappa shape index (κ1) is 10.2. The van der Waals surface area contributed by atoms with Crippen molar-refractivity contribution in [1.29, 1.82) is 0 Å². The maximum Gasteiger partial charge on any atom is 0.134 e. The van der Waals surface area contributed by atoms with Crippen molar-refractivity contribution in [3.05, 3.63) is 0 Å². The van der Waals surface area contributed by atoms with Gasteiger partial charge in [0, 0.05) is 6.54 Å². The average molecular weight is 160 g/mol. The first-order chi connectivity index (χ1) is 5.16. The standard InChI is InChI=1S/C7H15NO3/c1-3-6(2)11-5-4-8-7(9)10/h6,8H,3-5H2,1-2H3,(H,9,10)/p-1. The van der Waals surface area contributed by atoms with Crippen LogP contribution >= 0.6 is 0 Å². The molecule has 0 aliphatic heterocycles. The van der Waals surface area contributed by atoms with Crippen molar-refractivity contribution < 1.29 is 14.6 Å². The summed E-state index contributed by atoms with van der Waals surface area (Å²) < 4.78 is 5.19. The maximum atomic E-state index is 9.84. The average Bonchev–Trinajstić information content (AvgIpc) is 1.97. The number of ether oxygens (including phenoxy) is 1. The summed E-state index contributed by atoms with van der Waals surface area (Å²) in [6.45, 7) is 4.66. The number of carboxylic acid groups (broad SMARTS) is 1. The van der Waals surface area contributed by atoms with Crippen LogP contribution in [0.5, 0.6) is 0 Å². The molecule has 0 aromatic rings. The lowest BCUT2D eigenvalue weighted by Crippen LogP contribution is -2.38. The van der Waals surface area contributed by atoms with Crippen LogP contribution in [0.4, 0.5) is 4.79 Å². The predicted octanol–water partition coefficient (Wildman–Crippen LogP) is -0.266. The highest BCUT2D eigenvalue weighted by Crippen LogP contribution is 1.93. The van der Waals surface area contributed by atoms with Crippen LogP contribution in [0.25, 0.3) is 0 Å². The lowest BCUT2D eigenvalue weighted by Gasteiger charge is -2.11. The van der Waals surface area contributed by atoms with E-state index in [4.69, 9.17) is 4.74 Å². The van der Waals surface area contributed by atoms with Gasteiger partial charge in [0.2, 0.25) is 0 Å². The number of carbonyl (C=O) groups is 1. The fourth-order valence-electron chi connectivity index (χ4n) is 0.531. The Hall–Kier alpha value is -0.770. The molecule has 0 heterocycles. The molecule has 0 aromatic heterocycles. The highest BCUT2D eigenvalue weighted by atomic mass is 16.5. The Morgan fingerprint density at radius 1 is 1.73 bits per heavy atom. The summed E-state index contributed by atoms with van der Waals surface area (Å²) in [6.07, 6.45) is -0.123. The van der Waals surface area contributed by atoms with Crippen molar-refractivity contribution in [3.63, 3.8) is 0 Å². The van der Waals surface area contributed by atoms with E-state index < -0.39 is 6.09 Å². The predicted molar refractivity (Wildman–Crippen MR) is 39.1 cm³/mol. The lowest BCUT2D eigenvalue weighted by atomic mass is 10.3. The van der Waals surface area contributed by atoms with E-state index in [0.717, 1.165) is 6.42 Å². The van der Waals surface area contributed by atoms with Gasteiger partial charge in [0.1, 0.15) is 6.09 Å². The Morgan fingerprint density at radius 3 is 2.82 bits per heavy atom. The monoisotopic (exact) mass is 160 g/mol. The fraction of sp³-hybridized carbons (Fsp3) is 0.857. The highest BCUT2D eigenvalue weighted by molar-refractivity contribution is 5.61. The van der Waals surface area contributed by atoms with E-state index >= 15 is 0 Å². The zero-order valence-corrected chi connectivity index (χ0v) is 6.92. The number of carbonyl (C=O) groups excluding carboxylic acids is 1. The molecular weight excluding hydrogens is 146 g/mol. The molecule has 0 aliphatic carbocycles. The van der Waals surface area contributed by atoms with Gasteiger partial charge in [-0.1, -0.05) is 6.92 Å². The van der Waals surface area contributed by atoms with E-state index in [9.17, 15) is 9.90 Å². The Morgan fingerprint density at radius 2 is 2.36 bits per heavy atom. The third-order valence-electron chi connectivity index (χ3n) is 1.35. The van der Waals surface area contributed by atoms with Crippen molar-refractivity contribution in [1.82, 2.24) is 5.32 Å². The van der Waals surface area contributed by atoms with Crippen LogP contribution in [0, 0.1) is 0 Å². The summed E-state index contributed by atoms with van der Waals surface area (Å²) in [5.74, 6) is 0. The molecule has 1 atom stereocenters. The topological polar surface area (TPSA) is 61.4 Å². The van der Waals surface area contributed by atoms with Crippen molar-refractivity contribution in [2.75, 3.05) is 13.2 Å². The van der Waals surface area contributed by atoms with Gasteiger partial charge in [-0.15, -0.1) is 0 Å². The SMILES string of the molecule is CCC(C)OCCNC(=O)[O-]. The second-order valence-corrected chi connectivity index (χ2v) is 2.30. The molecular formula is C7H14NO3-. The summed E-state index contributed by atoms with van der Waals surface area (Å²) in [4.78, 5) is 9.84. The number of nitrogens with one attached hydrogen (secondary N) is 1. The van der Waals surface area contributed by atoms with Crippen LogP contribution < -0.4 is 10.4 Å². The maximum absolute atomic E-state index is 9.84. The van der Waals surface area contributed by atoms with Crippen LogP contribution in [0.2, 0.25) is 0 Å². The summed E-state index contributed by atoms with van der Waals surface area (Å²) in [7, 11) is 0. The highest BCUT2D eigenvalue weighted by Gasteiger charge is 1.95. The van der Waals surface area contributed by atoms with Crippen molar-refractivity contribution in [2.45, 2.75) is 26.4 Å². The van der Waals surface area contributed by atoms with E-state index in [1.165, 1.54) is 0 Å². The molecule has 4 nitrogen and oxygen atoms in total. The molecule has 0 radical (unpaired) electrons. The molecule has 0 aromatic carbocycles. The van der Waals surface area contributed by atoms with Crippen LogP contribution in [0.15, 0.2) is 0 Å². The van der Waals surface area contributed by atoms with Gasteiger partial charge in [-0.3, -0.25) is 0 Å². The van der Waals surface area contributed by atoms with Crippen LogP contribution in [0.1, 0.15) is 20.3 Å². The summed E-state index contributed by atoms with van der Waals surface area (Å²) in [5, 5.41) is 11.9. The molecule has 0 saturated heterocycles. The van der Waals surface area contributed by atoms with Gasteiger partial charge < -0.3 is 20.0 Å². The van der Waals surface area contributed by atoms with E-state index in [0.29, 0.717) is 13.2 Å². The van der Waals surface area contributed by atoms with Crippen molar-refractivity contribution in [2.24, 2.45) is 0 Å². The van der Waals surface area contributed by atoms with E-state index in [1.807, 2.05) is 13.8 Å². The minimum atomic E-state index is -1.25. The lowest BCUT2D eigenvalue weighted by molar-refractivity contribution is -0.250.